The van der Waals surface area contributed by atoms with E-state index in [0.717, 1.165) is 57.2 Å². The summed E-state index contributed by atoms with van der Waals surface area (Å²) < 4.78 is 11.3. The standard InChI is InChI=1S/C25H35N3O3/c1-20(23-8-5-9-24(18-23)30-3)26-19-22-7-4-10-25(17-22)31-16-6-11-27-12-14-28(15-13-27)21(2)29/h4-5,7-10,17-18,20,26H,6,11-16,19H2,1-3H3/t20-/m1/s1. The molecule has 0 spiro atoms. The third kappa shape index (κ3) is 7.26. The number of ether oxygens (including phenoxy) is 2. The molecule has 1 atom stereocenters. The van der Waals surface area contributed by atoms with Crippen molar-refractivity contribution in [2.75, 3.05) is 46.4 Å². The molecule has 1 heterocycles. The first-order valence-corrected chi connectivity index (χ1v) is 11.1. The van der Waals surface area contributed by atoms with Crippen LogP contribution < -0.4 is 14.8 Å². The van der Waals surface area contributed by atoms with E-state index in [1.165, 1.54) is 11.1 Å². The molecular weight excluding hydrogens is 390 g/mol. The highest BCUT2D eigenvalue weighted by atomic mass is 16.5. The van der Waals surface area contributed by atoms with Gasteiger partial charge in [0.2, 0.25) is 5.91 Å². The fourth-order valence-electron chi connectivity index (χ4n) is 3.81. The Balaban J connectivity index is 1.38. The Hall–Kier alpha value is -2.57. The van der Waals surface area contributed by atoms with Crippen LogP contribution in [0.1, 0.15) is 37.4 Å². The number of benzene rings is 2. The summed E-state index contributed by atoms with van der Waals surface area (Å²) in [7, 11) is 1.69. The van der Waals surface area contributed by atoms with Gasteiger partial charge in [-0.2, -0.15) is 0 Å². The zero-order valence-corrected chi connectivity index (χ0v) is 19.0. The molecule has 6 nitrogen and oxygen atoms in total. The number of nitrogens with zero attached hydrogens (tertiary/aromatic N) is 2. The predicted molar refractivity (Wildman–Crippen MR) is 123 cm³/mol. The largest absolute Gasteiger partial charge is 0.497 e. The molecule has 2 aromatic rings. The van der Waals surface area contributed by atoms with Gasteiger partial charge in [-0.15, -0.1) is 0 Å². The smallest absolute Gasteiger partial charge is 0.219 e. The summed E-state index contributed by atoms with van der Waals surface area (Å²) >= 11 is 0. The lowest BCUT2D eigenvalue weighted by Gasteiger charge is -2.34. The zero-order valence-electron chi connectivity index (χ0n) is 19.0. The summed E-state index contributed by atoms with van der Waals surface area (Å²) in [6.45, 7) is 9.85. The minimum absolute atomic E-state index is 0.176. The van der Waals surface area contributed by atoms with Crippen LogP contribution in [0.2, 0.25) is 0 Å². The minimum Gasteiger partial charge on any atom is -0.497 e. The van der Waals surface area contributed by atoms with Crippen molar-refractivity contribution in [3.8, 4) is 11.5 Å². The van der Waals surface area contributed by atoms with Gasteiger partial charge in [0.25, 0.3) is 0 Å². The normalized spacial score (nSPS) is 15.5. The average molecular weight is 426 g/mol. The third-order valence-electron chi connectivity index (χ3n) is 5.81. The Bertz CT molecular complexity index is 834. The second-order valence-electron chi connectivity index (χ2n) is 8.08. The topological polar surface area (TPSA) is 54.0 Å². The lowest BCUT2D eigenvalue weighted by molar-refractivity contribution is -0.130. The highest BCUT2D eigenvalue weighted by Gasteiger charge is 2.17. The Morgan fingerprint density at radius 1 is 1.06 bits per heavy atom. The summed E-state index contributed by atoms with van der Waals surface area (Å²) in [6.07, 6.45) is 0.982. The van der Waals surface area contributed by atoms with Crippen LogP contribution in [0.3, 0.4) is 0 Å². The van der Waals surface area contributed by atoms with Gasteiger partial charge in [-0.1, -0.05) is 24.3 Å². The maximum absolute atomic E-state index is 11.4. The van der Waals surface area contributed by atoms with Crippen molar-refractivity contribution in [1.29, 1.82) is 0 Å². The zero-order chi connectivity index (χ0) is 22.1. The molecular formula is C25H35N3O3. The highest BCUT2D eigenvalue weighted by Crippen LogP contribution is 2.20. The van der Waals surface area contributed by atoms with Crippen LogP contribution in [0.4, 0.5) is 0 Å². The van der Waals surface area contributed by atoms with E-state index in [4.69, 9.17) is 9.47 Å². The molecule has 1 aliphatic heterocycles. The van der Waals surface area contributed by atoms with Gasteiger partial charge in [-0.05, 0) is 48.7 Å². The van der Waals surface area contributed by atoms with E-state index in [0.29, 0.717) is 6.61 Å². The average Bonchev–Trinajstić information content (AvgIpc) is 2.81. The number of hydrogen-bond donors (Lipinski definition) is 1. The molecule has 3 rings (SSSR count). The van der Waals surface area contributed by atoms with E-state index < -0.39 is 0 Å². The van der Waals surface area contributed by atoms with Crippen LogP contribution in [-0.4, -0.2) is 62.1 Å². The highest BCUT2D eigenvalue weighted by molar-refractivity contribution is 5.73. The van der Waals surface area contributed by atoms with Crippen LogP contribution in [0.5, 0.6) is 11.5 Å². The fourth-order valence-corrected chi connectivity index (χ4v) is 3.81. The van der Waals surface area contributed by atoms with E-state index >= 15 is 0 Å². The maximum atomic E-state index is 11.4. The van der Waals surface area contributed by atoms with Crippen molar-refractivity contribution >= 4 is 5.91 Å². The molecule has 0 unspecified atom stereocenters. The molecule has 6 heteroatoms. The summed E-state index contributed by atoms with van der Waals surface area (Å²) in [5, 5.41) is 3.57. The van der Waals surface area contributed by atoms with Crippen LogP contribution in [0.15, 0.2) is 48.5 Å². The SMILES string of the molecule is COc1cccc([C@@H](C)NCc2cccc(OCCCN3CCN(C(C)=O)CC3)c2)c1. The first-order chi connectivity index (χ1) is 15.0. The van der Waals surface area contributed by atoms with Crippen molar-refractivity contribution < 1.29 is 14.3 Å². The first kappa shape index (κ1) is 23.1. The number of piperazine rings is 1. The van der Waals surface area contributed by atoms with Gasteiger partial charge in [0.1, 0.15) is 11.5 Å². The quantitative estimate of drug-likeness (QED) is 0.591. The second kappa shape index (κ2) is 11.7. The number of hydrogen-bond acceptors (Lipinski definition) is 5. The van der Waals surface area contributed by atoms with Crippen molar-refractivity contribution in [2.24, 2.45) is 0 Å². The molecule has 1 N–H and O–H groups in total. The molecule has 0 bridgehead atoms. The Labute approximate surface area is 186 Å². The molecule has 1 amide bonds. The lowest BCUT2D eigenvalue weighted by atomic mass is 10.1. The Kier molecular flexibility index (Phi) is 8.74. The third-order valence-corrected chi connectivity index (χ3v) is 5.81. The van der Waals surface area contributed by atoms with Crippen LogP contribution in [0.25, 0.3) is 0 Å². The van der Waals surface area contributed by atoms with Crippen LogP contribution in [0, 0.1) is 0 Å². The first-order valence-electron chi connectivity index (χ1n) is 11.1. The summed E-state index contributed by atoms with van der Waals surface area (Å²) in [5.41, 5.74) is 2.41. The van der Waals surface area contributed by atoms with Crippen molar-refractivity contribution in [1.82, 2.24) is 15.1 Å². The van der Waals surface area contributed by atoms with E-state index in [2.05, 4.69) is 41.4 Å². The minimum atomic E-state index is 0.176. The molecule has 0 aromatic heterocycles. The van der Waals surface area contributed by atoms with Gasteiger partial charge in [0.15, 0.2) is 0 Å². The molecule has 31 heavy (non-hydrogen) atoms. The van der Waals surface area contributed by atoms with Crippen molar-refractivity contribution in [3.63, 3.8) is 0 Å². The number of nitrogens with one attached hydrogen (secondary N) is 1. The molecule has 0 aliphatic carbocycles. The predicted octanol–water partition coefficient (Wildman–Crippen LogP) is 3.48. The molecule has 0 radical (unpaired) electrons. The number of rotatable bonds is 10. The maximum Gasteiger partial charge on any atom is 0.219 e. The van der Waals surface area contributed by atoms with E-state index in [1.807, 2.05) is 29.2 Å². The lowest BCUT2D eigenvalue weighted by Crippen LogP contribution is -2.48. The molecule has 1 aliphatic rings. The van der Waals surface area contributed by atoms with Crippen LogP contribution in [-0.2, 0) is 11.3 Å². The number of methoxy groups -OCH3 is 1. The Morgan fingerprint density at radius 2 is 1.81 bits per heavy atom. The van der Waals surface area contributed by atoms with Gasteiger partial charge in [0, 0.05) is 52.2 Å². The monoisotopic (exact) mass is 425 g/mol. The Morgan fingerprint density at radius 3 is 2.55 bits per heavy atom. The van der Waals surface area contributed by atoms with E-state index in [9.17, 15) is 4.79 Å². The number of carbonyl (C=O) groups excluding carboxylic acids is 1. The van der Waals surface area contributed by atoms with E-state index in [1.54, 1.807) is 14.0 Å². The molecule has 2 aromatic carbocycles. The number of carbonyl (C=O) groups is 1. The van der Waals surface area contributed by atoms with Crippen molar-refractivity contribution in [3.05, 3.63) is 59.7 Å². The van der Waals surface area contributed by atoms with Gasteiger partial charge >= 0.3 is 0 Å². The fraction of sp³-hybridized carbons (Fsp3) is 0.480. The van der Waals surface area contributed by atoms with Gasteiger partial charge in [-0.3, -0.25) is 9.69 Å². The second-order valence-corrected chi connectivity index (χ2v) is 8.08. The van der Waals surface area contributed by atoms with E-state index in [-0.39, 0.29) is 11.9 Å². The summed E-state index contributed by atoms with van der Waals surface area (Å²) in [6, 6.07) is 16.7. The van der Waals surface area contributed by atoms with Gasteiger partial charge in [-0.25, -0.2) is 0 Å². The molecule has 0 saturated carbocycles. The van der Waals surface area contributed by atoms with Crippen LogP contribution >= 0.6 is 0 Å². The molecule has 1 saturated heterocycles. The van der Waals surface area contributed by atoms with Gasteiger partial charge in [0.05, 0.1) is 13.7 Å². The summed E-state index contributed by atoms with van der Waals surface area (Å²) in [5.74, 6) is 1.97. The summed E-state index contributed by atoms with van der Waals surface area (Å²) in [4.78, 5) is 15.7. The van der Waals surface area contributed by atoms with Crippen molar-refractivity contribution in [2.45, 2.75) is 32.9 Å². The molecule has 1 fully saturated rings. The molecule has 168 valence electrons. The number of amides is 1. The van der Waals surface area contributed by atoms with Gasteiger partial charge < -0.3 is 19.7 Å².